The molecule has 0 aliphatic heterocycles. The van der Waals surface area contributed by atoms with Crippen LogP contribution in [0.2, 0.25) is 10.0 Å². The molecule has 0 unspecified atom stereocenters. The Morgan fingerprint density at radius 3 is 2.53 bits per heavy atom. The summed E-state index contributed by atoms with van der Waals surface area (Å²) in [5.41, 5.74) is 8.20. The average Bonchev–Trinajstić information content (AvgIpc) is 2.36. The third kappa shape index (κ3) is 3.19. The lowest BCUT2D eigenvalue weighted by Gasteiger charge is -2.09. The Morgan fingerprint density at radius 1 is 1.11 bits per heavy atom. The minimum atomic E-state index is -0.233. The van der Waals surface area contributed by atoms with Crippen molar-refractivity contribution in [2.45, 2.75) is 6.92 Å². The first-order valence-electron chi connectivity index (χ1n) is 5.60. The zero-order valence-corrected chi connectivity index (χ0v) is 11.7. The number of aryl methyl sites for hydroxylation is 1. The molecule has 0 heterocycles. The first kappa shape index (κ1) is 13.7. The molecule has 98 valence electrons. The van der Waals surface area contributed by atoms with E-state index in [1.54, 1.807) is 36.4 Å². The second-order valence-corrected chi connectivity index (χ2v) is 4.97. The van der Waals surface area contributed by atoms with Gasteiger partial charge in [-0.3, -0.25) is 4.79 Å². The van der Waals surface area contributed by atoms with Gasteiger partial charge in [0.1, 0.15) is 0 Å². The number of nitrogen functional groups attached to an aromatic ring is 1. The predicted molar refractivity (Wildman–Crippen MR) is 80.0 cm³/mol. The molecule has 0 spiro atoms. The molecule has 0 fully saturated rings. The fourth-order valence-electron chi connectivity index (χ4n) is 1.66. The SMILES string of the molecule is Cc1ccc(N)cc1C(=O)Nc1ccc(Cl)c(Cl)c1. The van der Waals surface area contributed by atoms with Crippen molar-refractivity contribution in [3.05, 3.63) is 57.6 Å². The Bertz CT molecular complexity index is 641. The molecule has 1 amide bonds. The highest BCUT2D eigenvalue weighted by Gasteiger charge is 2.10. The van der Waals surface area contributed by atoms with Crippen LogP contribution >= 0.6 is 23.2 Å². The van der Waals surface area contributed by atoms with Gasteiger partial charge in [-0.2, -0.15) is 0 Å². The minimum Gasteiger partial charge on any atom is -0.399 e. The monoisotopic (exact) mass is 294 g/mol. The highest BCUT2D eigenvalue weighted by atomic mass is 35.5. The Morgan fingerprint density at radius 2 is 1.84 bits per heavy atom. The van der Waals surface area contributed by atoms with E-state index in [4.69, 9.17) is 28.9 Å². The van der Waals surface area contributed by atoms with E-state index in [0.29, 0.717) is 27.0 Å². The number of amides is 1. The number of carbonyl (C=O) groups excluding carboxylic acids is 1. The lowest BCUT2D eigenvalue weighted by molar-refractivity contribution is 0.102. The van der Waals surface area contributed by atoms with Crippen LogP contribution in [0.3, 0.4) is 0 Å². The maximum atomic E-state index is 12.1. The predicted octanol–water partition coefficient (Wildman–Crippen LogP) is 4.14. The van der Waals surface area contributed by atoms with E-state index in [1.807, 2.05) is 6.92 Å². The fourth-order valence-corrected chi connectivity index (χ4v) is 1.95. The van der Waals surface area contributed by atoms with Crippen molar-refractivity contribution in [2.24, 2.45) is 0 Å². The van der Waals surface area contributed by atoms with Crippen LogP contribution in [0.1, 0.15) is 15.9 Å². The van der Waals surface area contributed by atoms with E-state index in [9.17, 15) is 4.79 Å². The summed E-state index contributed by atoms with van der Waals surface area (Å²) >= 11 is 11.7. The zero-order chi connectivity index (χ0) is 14.0. The van der Waals surface area contributed by atoms with Gasteiger partial charge in [-0.05, 0) is 42.8 Å². The summed E-state index contributed by atoms with van der Waals surface area (Å²) in [6, 6.07) is 10.1. The van der Waals surface area contributed by atoms with Crippen molar-refractivity contribution in [1.29, 1.82) is 0 Å². The van der Waals surface area contributed by atoms with Gasteiger partial charge in [0.05, 0.1) is 10.0 Å². The summed E-state index contributed by atoms with van der Waals surface area (Å²) in [5.74, 6) is -0.233. The number of hydrogen-bond acceptors (Lipinski definition) is 2. The highest BCUT2D eigenvalue weighted by molar-refractivity contribution is 6.42. The van der Waals surface area contributed by atoms with Gasteiger partial charge in [0, 0.05) is 16.9 Å². The zero-order valence-electron chi connectivity index (χ0n) is 10.2. The van der Waals surface area contributed by atoms with Gasteiger partial charge in [0.2, 0.25) is 0 Å². The molecule has 2 aromatic carbocycles. The number of anilines is 2. The number of nitrogens with two attached hydrogens (primary N) is 1. The van der Waals surface area contributed by atoms with Crippen LogP contribution in [-0.2, 0) is 0 Å². The minimum absolute atomic E-state index is 0.233. The van der Waals surface area contributed by atoms with Crippen LogP contribution < -0.4 is 11.1 Å². The van der Waals surface area contributed by atoms with Crippen molar-refractivity contribution in [3.63, 3.8) is 0 Å². The van der Waals surface area contributed by atoms with Crippen molar-refractivity contribution >= 4 is 40.5 Å². The van der Waals surface area contributed by atoms with Crippen molar-refractivity contribution < 1.29 is 4.79 Å². The molecule has 19 heavy (non-hydrogen) atoms. The van der Waals surface area contributed by atoms with Crippen LogP contribution in [0.4, 0.5) is 11.4 Å². The average molecular weight is 295 g/mol. The summed E-state index contributed by atoms with van der Waals surface area (Å²) in [7, 11) is 0. The molecule has 0 aliphatic carbocycles. The van der Waals surface area contributed by atoms with Gasteiger partial charge < -0.3 is 11.1 Å². The van der Waals surface area contributed by atoms with Crippen LogP contribution in [-0.4, -0.2) is 5.91 Å². The van der Waals surface area contributed by atoms with E-state index >= 15 is 0 Å². The highest BCUT2D eigenvalue weighted by Crippen LogP contribution is 2.25. The molecule has 2 rings (SSSR count). The van der Waals surface area contributed by atoms with Gasteiger partial charge in [0.25, 0.3) is 5.91 Å². The lowest BCUT2D eigenvalue weighted by atomic mass is 10.1. The topological polar surface area (TPSA) is 55.1 Å². The van der Waals surface area contributed by atoms with Gasteiger partial charge in [-0.1, -0.05) is 29.3 Å². The standard InChI is InChI=1S/C14H12Cl2N2O/c1-8-2-3-9(17)6-11(8)14(19)18-10-4-5-12(15)13(16)7-10/h2-7H,17H2,1H3,(H,18,19). The molecule has 3 nitrogen and oxygen atoms in total. The lowest BCUT2D eigenvalue weighted by Crippen LogP contribution is -2.13. The molecule has 0 aliphatic rings. The third-order valence-electron chi connectivity index (χ3n) is 2.68. The Labute approximate surface area is 121 Å². The van der Waals surface area contributed by atoms with E-state index < -0.39 is 0 Å². The Balaban J connectivity index is 2.25. The largest absolute Gasteiger partial charge is 0.399 e. The number of halogens is 2. The van der Waals surface area contributed by atoms with E-state index in [0.717, 1.165) is 5.56 Å². The van der Waals surface area contributed by atoms with Crippen LogP contribution in [0, 0.1) is 6.92 Å². The summed E-state index contributed by atoms with van der Waals surface area (Å²) in [6.07, 6.45) is 0. The molecule has 0 aromatic heterocycles. The number of carbonyl (C=O) groups is 1. The molecular weight excluding hydrogens is 283 g/mol. The van der Waals surface area contributed by atoms with E-state index in [-0.39, 0.29) is 5.91 Å². The van der Waals surface area contributed by atoms with Crippen molar-refractivity contribution in [2.75, 3.05) is 11.1 Å². The maximum Gasteiger partial charge on any atom is 0.256 e. The molecule has 0 saturated carbocycles. The van der Waals surface area contributed by atoms with Crippen LogP contribution in [0.15, 0.2) is 36.4 Å². The molecule has 0 saturated heterocycles. The smallest absolute Gasteiger partial charge is 0.256 e. The number of benzene rings is 2. The van der Waals surface area contributed by atoms with Gasteiger partial charge in [0.15, 0.2) is 0 Å². The Kier molecular flexibility index (Phi) is 3.98. The van der Waals surface area contributed by atoms with Gasteiger partial charge in [-0.25, -0.2) is 0 Å². The Hall–Kier alpha value is -1.71. The molecule has 0 radical (unpaired) electrons. The summed E-state index contributed by atoms with van der Waals surface area (Å²) in [4.78, 5) is 12.1. The first-order valence-corrected chi connectivity index (χ1v) is 6.35. The van der Waals surface area contributed by atoms with Crippen molar-refractivity contribution in [1.82, 2.24) is 0 Å². The summed E-state index contributed by atoms with van der Waals surface area (Å²) < 4.78 is 0. The number of hydrogen-bond donors (Lipinski definition) is 2. The molecule has 0 bridgehead atoms. The molecular formula is C14H12Cl2N2O. The van der Waals surface area contributed by atoms with E-state index in [2.05, 4.69) is 5.32 Å². The number of rotatable bonds is 2. The fraction of sp³-hybridized carbons (Fsp3) is 0.0714. The second-order valence-electron chi connectivity index (χ2n) is 4.16. The normalized spacial score (nSPS) is 10.3. The maximum absolute atomic E-state index is 12.1. The van der Waals surface area contributed by atoms with E-state index in [1.165, 1.54) is 0 Å². The molecule has 5 heteroatoms. The quantitative estimate of drug-likeness (QED) is 0.818. The van der Waals surface area contributed by atoms with Crippen LogP contribution in [0.5, 0.6) is 0 Å². The summed E-state index contributed by atoms with van der Waals surface area (Å²) in [5, 5.41) is 3.59. The van der Waals surface area contributed by atoms with Crippen molar-refractivity contribution in [3.8, 4) is 0 Å². The van der Waals surface area contributed by atoms with Crippen LogP contribution in [0.25, 0.3) is 0 Å². The van der Waals surface area contributed by atoms with Gasteiger partial charge in [-0.15, -0.1) is 0 Å². The summed E-state index contributed by atoms with van der Waals surface area (Å²) in [6.45, 7) is 1.85. The second kappa shape index (κ2) is 5.51. The molecule has 3 N–H and O–H groups in total. The molecule has 0 atom stereocenters. The molecule has 2 aromatic rings. The third-order valence-corrected chi connectivity index (χ3v) is 3.42. The van der Waals surface area contributed by atoms with Gasteiger partial charge >= 0.3 is 0 Å². The first-order chi connectivity index (χ1) is 8.97. The number of nitrogens with one attached hydrogen (secondary N) is 1.